The maximum atomic E-state index is 11.4. The largest absolute Gasteiger partial charge is 0.481 e. The fourth-order valence-electron chi connectivity index (χ4n) is 2.65. The van der Waals surface area contributed by atoms with Crippen LogP contribution in [0.4, 0.5) is 0 Å². The number of rotatable bonds is 4. The Morgan fingerprint density at radius 2 is 1.83 bits per heavy atom. The first-order chi connectivity index (χ1) is 8.33. The molecular formula is C10H19N3O4S. The minimum absolute atomic E-state index is 0.110. The van der Waals surface area contributed by atoms with E-state index in [0.717, 1.165) is 0 Å². The summed E-state index contributed by atoms with van der Waals surface area (Å²) in [6.07, 6.45) is 1.32. The van der Waals surface area contributed by atoms with E-state index in [4.69, 9.17) is 5.11 Å². The predicted molar refractivity (Wildman–Crippen MR) is 65.8 cm³/mol. The van der Waals surface area contributed by atoms with Crippen LogP contribution >= 0.6 is 0 Å². The van der Waals surface area contributed by atoms with Gasteiger partial charge in [0.05, 0.1) is 18.2 Å². The van der Waals surface area contributed by atoms with Gasteiger partial charge in [0.2, 0.25) is 10.0 Å². The van der Waals surface area contributed by atoms with Crippen LogP contribution in [0.15, 0.2) is 0 Å². The number of carboxylic acids is 1. The molecule has 0 amide bonds. The number of hydrogen-bond acceptors (Lipinski definition) is 5. The molecule has 0 radical (unpaired) electrons. The molecular weight excluding hydrogens is 258 g/mol. The molecule has 0 spiro atoms. The van der Waals surface area contributed by atoms with Gasteiger partial charge in [-0.05, 0) is 0 Å². The zero-order valence-electron chi connectivity index (χ0n) is 10.4. The molecule has 2 aliphatic heterocycles. The van der Waals surface area contributed by atoms with Crippen molar-refractivity contribution < 1.29 is 18.3 Å². The van der Waals surface area contributed by atoms with Gasteiger partial charge in [-0.2, -0.15) is 4.31 Å². The van der Waals surface area contributed by atoms with Gasteiger partial charge in [-0.15, -0.1) is 0 Å². The van der Waals surface area contributed by atoms with Gasteiger partial charge in [0.1, 0.15) is 0 Å². The van der Waals surface area contributed by atoms with Crippen LogP contribution in [0.2, 0.25) is 0 Å². The summed E-state index contributed by atoms with van der Waals surface area (Å²) in [5.41, 5.74) is -0.324. The average molecular weight is 277 g/mol. The second-order valence-corrected chi connectivity index (χ2v) is 7.03. The van der Waals surface area contributed by atoms with Gasteiger partial charge in [-0.3, -0.25) is 9.69 Å². The SMILES string of the molecule is CS(=O)(=O)N1CCN(C2(CC(=O)O)CNC2)CC1. The number of nitrogens with zero attached hydrogens (tertiary/aromatic N) is 2. The Labute approximate surface area is 107 Å². The molecule has 0 aliphatic carbocycles. The van der Waals surface area contributed by atoms with Crippen molar-refractivity contribution in [2.24, 2.45) is 0 Å². The lowest BCUT2D eigenvalue weighted by Crippen LogP contribution is -2.72. The Morgan fingerprint density at radius 1 is 1.28 bits per heavy atom. The number of hydrogen-bond donors (Lipinski definition) is 2. The maximum Gasteiger partial charge on any atom is 0.305 e. The van der Waals surface area contributed by atoms with Crippen LogP contribution in [0.1, 0.15) is 6.42 Å². The number of sulfonamides is 1. The summed E-state index contributed by atoms with van der Waals surface area (Å²) in [5, 5.41) is 12.1. The first-order valence-electron chi connectivity index (χ1n) is 5.96. The lowest BCUT2D eigenvalue weighted by atomic mass is 9.86. The second kappa shape index (κ2) is 4.76. The molecule has 0 atom stereocenters. The monoisotopic (exact) mass is 277 g/mol. The third-order valence-electron chi connectivity index (χ3n) is 3.77. The van der Waals surface area contributed by atoms with Gasteiger partial charge in [0.15, 0.2) is 0 Å². The molecule has 0 aromatic heterocycles. The van der Waals surface area contributed by atoms with Crippen molar-refractivity contribution in [3.8, 4) is 0 Å². The van der Waals surface area contributed by atoms with Crippen molar-refractivity contribution in [2.45, 2.75) is 12.0 Å². The molecule has 2 N–H and O–H groups in total. The van der Waals surface area contributed by atoms with Gasteiger partial charge >= 0.3 is 5.97 Å². The fourth-order valence-corrected chi connectivity index (χ4v) is 3.48. The van der Waals surface area contributed by atoms with E-state index in [0.29, 0.717) is 39.3 Å². The maximum absolute atomic E-state index is 11.4. The van der Waals surface area contributed by atoms with Crippen LogP contribution in [0.3, 0.4) is 0 Å². The standard InChI is InChI=1S/C10H19N3O4S/c1-18(16,17)13-4-2-12(3-5-13)10(6-9(14)15)7-11-8-10/h11H,2-8H2,1H3,(H,14,15). The molecule has 0 unspecified atom stereocenters. The molecule has 104 valence electrons. The molecule has 0 aromatic rings. The van der Waals surface area contributed by atoms with E-state index >= 15 is 0 Å². The lowest BCUT2D eigenvalue weighted by molar-refractivity contribution is -0.142. The summed E-state index contributed by atoms with van der Waals surface area (Å²) < 4.78 is 24.3. The molecule has 0 saturated carbocycles. The van der Waals surface area contributed by atoms with Crippen LogP contribution in [-0.4, -0.2) is 79.8 Å². The molecule has 7 nitrogen and oxygen atoms in total. The summed E-state index contributed by atoms with van der Waals surface area (Å²) in [6.45, 7) is 3.42. The van der Waals surface area contributed by atoms with Crippen LogP contribution in [0.5, 0.6) is 0 Å². The molecule has 18 heavy (non-hydrogen) atoms. The van der Waals surface area contributed by atoms with Crippen LogP contribution in [-0.2, 0) is 14.8 Å². The van der Waals surface area contributed by atoms with E-state index in [1.165, 1.54) is 10.6 Å². The van der Waals surface area contributed by atoms with Gasteiger partial charge in [-0.1, -0.05) is 0 Å². The summed E-state index contributed by atoms with van der Waals surface area (Å²) in [5.74, 6) is -0.804. The molecule has 2 aliphatic rings. The zero-order valence-corrected chi connectivity index (χ0v) is 11.2. The van der Waals surface area contributed by atoms with E-state index < -0.39 is 16.0 Å². The molecule has 2 heterocycles. The number of nitrogens with one attached hydrogen (secondary N) is 1. The van der Waals surface area contributed by atoms with Crippen molar-refractivity contribution in [1.82, 2.24) is 14.5 Å². The Balaban J connectivity index is 1.98. The van der Waals surface area contributed by atoms with Crippen LogP contribution < -0.4 is 5.32 Å². The minimum Gasteiger partial charge on any atom is -0.481 e. The summed E-state index contributed by atoms with van der Waals surface area (Å²) in [7, 11) is -3.13. The number of aliphatic carboxylic acids is 1. The summed E-state index contributed by atoms with van der Waals surface area (Å²) >= 11 is 0. The smallest absolute Gasteiger partial charge is 0.305 e. The first kappa shape index (κ1) is 13.7. The molecule has 0 bridgehead atoms. The third kappa shape index (κ3) is 2.66. The van der Waals surface area contributed by atoms with Crippen LogP contribution in [0.25, 0.3) is 0 Å². The fraction of sp³-hybridized carbons (Fsp3) is 0.900. The topological polar surface area (TPSA) is 90.0 Å². The van der Waals surface area contributed by atoms with Crippen molar-refractivity contribution in [3.63, 3.8) is 0 Å². The number of carboxylic acid groups (broad SMARTS) is 1. The zero-order chi connectivity index (χ0) is 13.4. The van der Waals surface area contributed by atoms with E-state index in [1.54, 1.807) is 0 Å². The lowest BCUT2D eigenvalue weighted by Gasteiger charge is -2.52. The highest BCUT2D eigenvalue weighted by Gasteiger charge is 2.45. The average Bonchev–Trinajstić information content (AvgIpc) is 2.22. The Kier molecular flexibility index (Phi) is 3.63. The molecule has 2 saturated heterocycles. The summed E-state index contributed by atoms with van der Waals surface area (Å²) in [4.78, 5) is 13.0. The number of carbonyl (C=O) groups is 1. The van der Waals surface area contributed by atoms with Crippen molar-refractivity contribution in [2.75, 3.05) is 45.5 Å². The van der Waals surface area contributed by atoms with Crippen molar-refractivity contribution in [1.29, 1.82) is 0 Å². The minimum atomic E-state index is -3.13. The van der Waals surface area contributed by atoms with Crippen molar-refractivity contribution >= 4 is 16.0 Å². The Hall–Kier alpha value is -0.700. The van der Waals surface area contributed by atoms with E-state index in [-0.39, 0.29) is 12.0 Å². The van der Waals surface area contributed by atoms with Crippen molar-refractivity contribution in [3.05, 3.63) is 0 Å². The quantitative estimate of drug-likeness (QED) is 0.642. The van der Waals surface area contributed by atoms with Gasteiger partial charge < -0.3 is 10.4 Å². The highest BCUT2D eigenvalue weighted by atomic mass is 32.2. The Morgan fingerprint density at radius 3 is 2.17 bits per heavy atom. The highest BCUT2D eigenvalue weighted by Crippen LogP contribution is 2.26. The second-order valence-electron chi connectivity index (χ2n) is 5.05. The molecule has 8 heteroatoms. The molecule has 2 fully saturated rings. The molecule has 0 aromatic carbocycles. The number of piperazine rings is 1. The molecule has 2 rings (SSSR count). The van der Waals surface area contributed by atoms with Gasteiger partial charge in [-0.25, -0.2) is 8.42 Å². The van der Waals surface area contributed by atoms with Crippen LogP contribution in [0, 0.1) is 0 Å². The normalized spacial score (nSPS) is 25.6. The highest BCUT2D eigenvalue weighted by molar-refractivity contribution is 7.88. The predicted octanol–water partition coefficient (Wildman–Crippen LogP) is -1.62. The van der Waals surface area contributed by atoms with Gasteiger partial charge in [0.25, 0.3) is 0 Å². The van der Waals surface area contributed by atoms with E-state index in [9.17, 15) is 13.2 Å². The Bertz CT molecular complexity index is 424. The summed E-state index contributed by atoms with van der Waals surface area (Å²) in [6, 6.07) is 0. The van der Waals surface area contributed by atoms with E-state index in [1.807, 2.05) is 0 Å². The van der Waals surface area contributed by atoms with Gasteiger partial charge in [0, 0.05) is 39.3 Å². The van der Waals surface area contributed by atoms with E-state index in [2.05, 4.69) is 10.2 Å². The first-order valence-corrected chi connectivity index (χ1v) is 7.81. The third-order valence-corrected chi connectivity index (χ3v) is 5.07.